The fourth-order valence-electron chi connectivity index (χ4n) is 5.50. The molecule has 2 fully saturated rings. The van der Waals surface area contributed by atoms with Gasteiger partial charge in [-0.2, -0.15) is 0 Å². The van der Waals surface area contributed by atoms with E-state index >= 15 is 0 Å². The fraction of sp³-hybridized carbons (Fsp3) is 0.276. The van der Waals surface area contributed by atoms with Crippen LogP contribution in [0.3, 0.4) is 0 Å². The number of fused-ring (bicyclic) bond motifs is 2. The molecule has 2 atom stereocenters. The molecule has 0 bridgehead atoms. The van der Waals surface area contributed by atoms with Gasteiger partial charge in [0.25, 0.3) is 0 Å². The minimum Gasteiger partial charge on any atom is -0.399 e. The second-order valence-corrected chi connectivity index (χ2v) is 9.69. The molecule has 2 aliphatic heterocycles. The van der Waals surface area contributed by atoms with E-state index in [-0.39, 0.29) is 12.1 Å². The molecule has 2 aromatic carbocycles. The molecule has 200 valence electrons. The van der Waals surface area contributed by atoms with Crippen LogP contribution in [0.25, 0.3) is 33.3 Å². The zero-order valence-corrected chi connectivity index (χ0v) is 21.4. The summed E-state index contributed by atoms with van der Waals surface area (Å²) in [6, 6.07) is 11.4. The molecular formula is C29H28F2N6O2. The van der Waals surface area contributed by atoms with Crippen molar-refractivity contribution in [3.8, 4) is 22.4 Å². The first kappa shape index (κ1) is 25.1. The van der Waals surface area contributed by atoms with E-state index in [9.17, 15) is 8.78 Å². The van der Waals surface area contributed by atoms with Gasteiger partial charge in [0.1, 0.15) is 18.7 Å². The lowest BCUT2D eigenvalue weighted by Gasteiger charge is -2.43. The van der Waals surface area contributed by atoms with Crippen LogP contribution in [-0.4, -0.2) is 61.7 Å². The van der Waals surface area contributed by atoms with Crippen LogP contribution in [0.2, 0.25) is 0 Å². The number of ether oxygens (including phenoxy) is 1. The molecule has 2 aliphatic rings. The molecule has 0 spiro atoms. The third-order valence-electron chi connectivity index (χ3n) is 7.32. The number of morpholine rings is 1. The fourth-order valence-corrected chi connectivity index (χ4v) is 5.50. The topological polar surface area (TPSA) is 97.9 Å². The summed E-state index contributed by atoms with van der Waals surface area (Å²) >= 11 is 0. The van der Waals surface area contributed by atoms with Crippen LogP contribution in [-0.2, 0) is 9.57 Å². The molecule has 2 saturated heterocycles. The van der Waals surface area contributed by atoms with Crippen molar-refractivity contribution < 1.29 is 18.4 Å². The first-order valence-electron chi connectivity index (χ1n) is 12.8. The number of hydrogen-bond acceptors (Lipinski definition) is 8. The third kappa shape index (κ3) is 4.88. The number of oxime groups is 1. The van der Waals surface area contributed by atoms with Crippen LogP contribution in [0.4, 0.5) is 20.2 Å². The summed E-state index contributed by atoms with van der Waals surface area (Å²) in [5, 5.41) is 8.20. The minimum atomic E-state index is -0.644. The number of nitrogens with two attached hydrogens (primary N) is 1. The van der Waals surface area contributed by atoms with Gasteiger partial charge in [-0.15, -0.1) is 0 Å². The van der Waals surface area contributed by atoms with E-state index in [0.29, 0.717) is 41.2 Å². The van der Waals surface area contributed by atoms with Gasteiger partial charge in [0.2, 0.25) is 0 Å². The maximum absolute atomic E-state index is 14.3. The molecule has 0 unspecified atom stereocenters. The van der Waals surface area contributed by atoms with Gasteiger partial charge >= 0.3 is 0 Å². The second-order valence-electron chi connectivity index (χ2n) is 9.69. The van der Waals surface area contributed by atoms with Crippen LogP contribution >= 0.6 is 0 Å². The van der Waals surface area contributed by atoms with Gasteiger partial charge in [-0.25, -0.2) is 8.78 Å². The number of rotatable bonds is 5. The summed E-state index contributed by atoms with van der Waals surface area (Å²) < 4.78 is 34.8. The molecule has 0 amide bonds. The molecule has 0 aliphatic carbocycles. The van der Waals surface area contributed by atoms with Crippen molar-refractivity contribution in [2.45, 2.75) is 18.6 Å². The van der Waals surface area contributed by atoms with E-state index in [2.05, 4.69) is 25.3 Å². The number of piperidine rings is 1. The van der Waals surface area contributed by atoms with Gasteiger partial charge in [-0.05, 0) is 42.3 Å². The zero-order chi connectivity index (χ0) is 26.9. The molecule has 4 heterocycles. The molecule has 10 heteroatoms. The summed E-state index contributed by atoms with van der Waals surface area (Å²) in [6.07, 6.45) is 5.76. The standard InChI is InChI=1S/C29H28F2N6O2/c1-38-36-14-18-4-6-34-28(27(18)32)17-2-3-24-22(12-17)29(37-8-5-25-26(16-37)39-9-7-33-25)23(15-35-24)19-10-20(30)13-21(31)11-19/h2-4,6,10-15,25-26,33H,5,7-9,16,32H2,1H3/t25-,26-/m1/s1. The summed E-state index contributed by atoms with van der Waals surface area (Å²) in [7, 11) is 1.46. The first-order valence-corrected chi connectivity index (χ1v) is 12.8. The molecule has 6 rings (SSSR count). The van der Waals surface area contributed by atoms with Gasteiger partial charge in [0.15, 0.2) is 0 Å². The Morgan fingerprint density at radius 3 is 2.79 bits per heavy atom. The highest BCUT2D eigenvalue weighted by Gasteiger charge is 2.33. The van der Waals surface area contributed by atoms with Crippen molar-refractivity contribution in [3.05, 3.63) is 72.1 Å². The smallest absolute Gasteiger partial charge is 0.126 e. The lowest BCUT2D eigenvalue weighted by molar-refractivity contribution is -0.00896. The number of hydrogen-bond donors (Lipinski definition) is 2. The lowest BCUT2D eigenvalue weighted by atomic mass is 9.95. The van der Waals surface area contributed by atoms with Crippen LogP contribution in [0.5, 0.6) is 0 Å². The average molecular weight is 531 g/mol. The SMILES string of the molecule is CON=Cc1ccnc(-c2ccc3ncc(-c4cc(F)cc(F)c4)c(N4CC[C@H]5NCCO[C@@H]5C4)c3c2)c1N. The number of nitrogens with zero attached hydrogens (tertiary/aromatic N) is 4. The number of nitrogens with one attached hydrogen (secondary N) is 1. The van der Waals surface area contributed by atoms with Gasteiger partial charge in [0, 0.05) is 66.2 Å². The monoisotopic (exact) mass is 530 g/mol. The molecule has 2 aromatic heterocycles. The Hall–Kier alpha value is -4.15. The van der Waals surface area contributed by atoms with Gasteiger partial charge < -0.3 is 25.5 Å². The number of pyridine rings is 2. The Balaban J connectivity index is 1.53. The van der Waals surface area contributed by atoms with Crippen LogP contribution < -0.4 is 16.0 Å². The third-order valence-corrected chi connectivity index (χ3v) is 7.32. The number of anilines is 2. The number of nitrogen functional groups attached to an aromatic ring is 1. The van der Waals surface area contributed by atoms with E-state index in [0.717, 1.165) is 47.7 Å². The largest absolute Gasteiger partial charge is 0.399 e. The van der Waals surface area contributed by atoms with Gasteiger partial charge in [-0.3, -0.25) is 9.97 Å². The van der Waals surface area contributed by atoms with Crippen molar-refractivity contribution >= 4 is 28.5 Å². The van der Waals surface area contributed by atoms with E-state index in [1.165, 1.54) is 25.5 Å². The summed E-state index contributed by atoms with van der Waals surface area (Å²) in [5.41, 5.74) is 11.6. The second kappa shape index (κ2) is 10.5. The van der Waals surface area contributed by atoms with Gasteiger partial charge in [-0.1, -0.05) is 11.2 Å². The minimum absolute atomic E-state index is 0.00468. The van der Waals surface area contributed by atoms with E-state index < -0.39 is 11.6 Å². The van der Waals surface area contributed by atoms with E-state index in [4.69, 9.17) is 15.3 Å². The zero-order valence-electron chi connectivity index (χ0n) is 21.4. The lowest BCUT2D eigenvalue weighted by Crippen LogP contribution is -2.57. The predicted octanol–water partition coefficient (Wildman–Crippen LogP) is 4.37. The predicted molar refractivity (Wildman–Crippen MR) is 148 cm³/mol. The van der Waals surface area contributed by atoms with E-state index in [1.807, 2.05) is 18.2 Å². The van der Waals surface area contributed by atoms with Crippen molar-refractivity contribution in [1.29, 1.82) is 0 Å². The number of benzene rings is 2. The van der Waals surface area contributed by atoms with Crippen molar-refractivity contribution in [1.82, 2.24) is 15.3 Å². The Bertz CT molecular complexity index is 1540. The van der Waals surface area contributed by atoms with Crippen molar-refractivity contribution in [3.63, 3.8) is 0 Å². The molecule has 3 N–H and O–H groups in total. The Labute approximate surface area is 224 Å². The summed E-state index contributed by atoms with van der Waals surface area (Å²) in [4.78, 5) is 16.2. The Morgan fingerprint density at radius 1 is 1.13 bits per heavy atom. The summed E-state index contributed by atoms with van der Waals surface area (Å²) in [6.45, 7) is 2.86. The highest BCUT2D eigenvalue weighted by atomic mass is 19.1. The van der Waals surface area contributed by atoms with Crippen molar-refractivity contribution in [2.24, 2.45) is 5.16 Å². The molecule has 0 saturated carbocycles. The number of halogens is 2. The summed E-state index contributed by atoms with van der Waals surface area (Å²) in [5.74, 6) is -1.29. The molecule has 0 radical (unpaired) electrons. The highest BCUT2D eigenvalue weighted by molar-refractivity contribution is 6.02. The Kier molecular flexibility index (Phi) is 6.80. The molecule has 8 nitrogen and oxygen atoms in total. The molecule has 4 aromatic rings. The van der Waals surface area contributed by atoms with Gasteiger partial charge in [0.05, 0.1) is 41.5 Å². The van der Waals surface area contributed by atoms with Crippen LogP contribution in [0.15, 0.2) is 60.0 Å². The van der Waals surface area contributed by atoms with Crippen LogP contribution in [0, 0.1) is 11.6 Å². The highest BCUT2D eigenvalue weighted by Crippen LogP contribution is 2.40. The number of aromatic nitrogens is 2. The quantitative estimate of drug-likeness (QED) is 0.292. The van der Waals surface area contributed by atoms with E-state index in [1.54, 1.807) is 18.5 Å². The normalized spacial score (nSPS) is 19.4. The van der Waals surface area contributed by atoms with Crippen LogP contribution in [0.1, 0.15) is 12.0 Å². The molecular weight excluding hydrogens is 502 g/mol. The maximum atomic E-state index is 14.3. The maximum Gasteiger partial charge on any atom is 0.126 e. The molecule has 39 heavy (non-hydrogen) atoms. The average Bonchev–Trinajstić information content (AvgIpc) is 2.95. The Morgan fingerprint density at radius 2 is 1.97 bits per heavy atom. The van der Waals surface area contributed by atoms with Crippen molar-refractivity contribution in [2.75, 3.05) is 44.0 Å². The first-order chi connectivity index (χ1) is 19.0.